The SMILES string of the molecule is CCC(C)(C#N)C(=O)NCCc1ccc(OC)cc1. The molecule has 0 aromatic heterocycles. The Balaban J connectivity index is 2.46. The number of benzene rings is 1. The summed E-state index contributed by atoms with van der Waals surface area (Å²) in [5.41, 5.74) is 0.191. The summed E-state index contributed by atoms with van der Waals surface area (Å²) in [5, 5.41) is 11.8. The third kappa shape index (κ3) is 3.99. The van der Waals surface area contributed by atoms with E-state index in [9.17, 15) is 4.79 Å². The average molecular weight is 260 g/mol. The van der Waals surface area contributed by atoms with Crippen molar-refractivity contribution in [2.75, 3.05) is 13.7 Å². The summed E-state index contributed by atoms with van der Waals surface area (Å²) < 4.78 is 5.08. The Morgan fingerprint density at radius 1 is 1.42 bits per heavy atom. The first-order valence-corrected chi connectivity index (χ1v) is 6.38. The topological polar surface area (TPSA) is 62.1 Å². The smallest absolute Gasteiger partial charge is 0.240 e. The molecule has 1 atom stereocenters. The molecule has 4 nitrogen and oxygen atoms in total. The van der Waals surface area contributed by atoms with E-state index in [1.807, 2.05) is 31.2 Å². The molecule has 19 heavy (non-hydrogen) atoms. The van der Waals surface area contributed by atoms with E-state index in [1.54, 1.807) is 14.0 Å². The van der Waals surface area contributed by atoms with Gasteiger partial charge in [-0.25, -0.2) is 0 Å². The van der Waals surface area contributed by atoms with Crippen LogP contribution in [-0.2, 0) is 11.2 Å². The molecule has 0 spiro atoms. The van der Waals surface area contributed by atoms with Crippen molar-refractivity contribution in [3.05, 3.63) is 29.8 Å². The predicted octanol–water partition coefficient (Wildman–Crippen LogP) is 2.29. The van der Waals surface area contributed by atoms with Gasteiger partial charge in [-0.3, -0.25) is 4.79 Å². The summed E-state index contributed by atoms with van der Waals surface area (Å²) in [4.78, 5) is 11.9. The van der Waals surface area contributed by atoms with Gasteiger partial charge in [0.05, 0.1) is 13.2 Å². The molecule has 1 N–H and O–H groups in total. The molecule has 1 aromatic rings. The van der Waals surface area contributed by atoms with Crippen LogP contribution < -0.4 is 10.1 Å². The molecule has 1 unspecified atom stereocenters. The zero-order valence-electron chi connectivity index (χ0n) is 11.7. The summed E-state index contributed by atoms with van der Waals surface area (Å²) in [5.74, 6) is 0.613. The Morgan fingerprint density at radius 2 is 2.05 bits per heavy atom. The second-order valence-corrected chi connectivity index (χ2v) is 4.65. The fourth-order valence-electron chi connectivity index (χ4n) is 1.60. The van der Waals surface area contributed by atoms with Crippen molar-refractivity contribution in [3.8, 4) is 11.8 Å². The number of hydrogen-bond donors (Lipinski definition) is 1. The lowest BCUT2D eigenvalue weighted by Crippen LogP contribution is -2.38. The summed E-state index contributed by atoms with van der Waals surface area (Å²) >= 11 is 0. The average Bonchev–Trinajstić information content (AvgIpc) is 2.47. The Hall–Kier alpha value is -2.02. The minimum atomic E-state index is -0.931. The number of rotatable bonds is 6. The van der Waals surface area contributed by atoms with E-state index in [0.29, 0.717) is 13.0 Å². The molecule has 1 rings (SSSR count). The maximum atomic E-state index is 11.9. The number of nitrogens with zero attached hydrogens (tertiary/aromatic N) is 1. The summed E-state index contributed by atoms with van der Waals surface area (Å²) in [7, 11) is 1.63. The summed E-state index contributed by atoms with van der Waals surface area (Å²) in [6.07, 6.45) is 1.25. The van der Waals surface area contributed by atoms with E-state index < -0.39 is 5.41 Å². The molecular weight excluding hydrogens is 240 g/mol. The highest BCUT2D eigenvalue weighted by Gasteiger charge is 2.30. The van der Waals surface area contributed by atoms with Crippen molar-refractivity contribution in [1.82, 2.24) is 5.32 Å². The normalized spacial score (nSPS) is 13.2. The van der Waals surface area contributed by atoms with E-state index in [4.69, 9.17) is 10.00 Å². The van der Waals surface area contributed by atoms with E-state index in [2.05, 4.69) is 11.4 Å². The van der Waals surface area contributed by atoms with Gasteiger partial charge in [0.15, 0.2) is 0 Å². The second kappa shape index (κ2) is 6.79. The first kappa shape index (κ1) is 15.0. The van der Waals surface area contributed by atoms with Crippen LogP contribution in [0.1, 0.15) is 25.8 Å². The molecular formula is C15H20N2O2. The lowest BCUT2D eigenvalue weighted by Gasteiger charge is -2.18. The Bertz CT molecular complexity index is 462. The zero-order chi connectivity index (χ0) is 14.3. The van der Waals surface area contributed by atoms with Crippen LogP contribution in [0.5, 0.6) is 5.75 Å². The van der Waals surface area contributed by atoms with Gasteiger partial charge in [0.25, 0.3) is 0 Å². The number of methoxy groups -OCH3 is 1. The first-order valence-electron chi connectivity index (χ1n) is 6.38. The molecule has 1 aromatic carbocycles. The van der Waals surface area contributed by atoms with E-state index >= 15 is 0 Å². The second-order valence-electron chi connectivity index (χ2n) is 4.65. The maximum absolute atomic E-state index is 11.9. The van der Waals surface area contributed by atoms with E-state index in [-0.39, 0.29) is 5.91 Å². The number of carbonyl (C=O) groups is 1. The maximum Gasteiger partial charge on any atom is 0.240 e. The number of ether oxygens (including phenoxy) is 1. The van der Waals surface area contributed by atoms with Crippen LogP contribution in [0.4, 0.5) is 0 Å². The molecule has 1 amide bonds. The van der Waals surface area contributed by atoms with Gasteiger partial charge in [0.2, 0.25) is 5.91 Å². The van der Waals surface area contributed by atoms with Crippen LogP contribution in [0, 0.1) is 16.7 Å². The van der Waals surface area contributed by atoms with Crippen molar-refractivity contribution in [2.45, 2.75) is 26.7 Å². The lowest BCUT2D eigenvalue weighted by atomic mass is 9.88. The van der Waals surface area contributed by atoms with Crippen LogP contribution in [0.15, 0.2) is 24.3 Å². The summed E-state index contributed by atoms with van der Waals surface area (Å²) in [6.45, 7) is 4.03. The monoisotopic (exact) mass is 260 g/mol. The van der Waals surface area contributed by atoms with Crippen molar-refractivity contribution >= 4 is 5.91 Å². The van der Waals surface area contributed by atoms with Gasteiger partial charge in [-0.15, -0.1) is 0 Å². The highest BCUT2D eigenvalue weighted by molar-refractivity contribution is 5.84. The number of amides is 1. The van der Waals surface area contributed by atoms with Crippen LogP contribution in [0.3, 0.4) is 0 Å². The molecule has 0 aliphatic rings. The van der Waals surface area contributed by atoms with Gasteiger partial charge in [-0.1, -0.05) is 19.1 Å². The van der Waals surface area contributed by atoms with E-state index in [0.717, 1.165) is 17.7 Å². The van der Waals surface area contributed by atoms with Crippen molar-refractivity contribution in [2.24, 2.45) is 5.41 Å². The van der Waals surface area contributed by atoms with Gasteiger partial charge in [0.1, 0.15) is 11.2 Å². The van der Waals surface area contributed by atoms with Gasteiger partial charge in [-0.2, -0.15) is 5.26 Å². The number of nitriles is 1. The first-order chi connectivity index (χ1) is 9.05. The Kier molecular flexibility index (Phi) is 5.37. The van der Waals surface area contributed by atoms with Crippen molar-refractivity contribution in [1.29, 1.82) is 5.26 Å². The largest absolute Gasteiger partial charge is 0.497 e. The molecule has 4 heteroatoms. The molecule has 0 heterocycles. The van der Waals surface area contributed by atoms with Gasteiger partial charge in [0, 0.05) is 6.54 Å². The molecule has 0 bridgehead atoms. The molecule has 102 valence electrons. The van der Waals surface area contributed by atoms with Crippen LogP contribution >= 0.6 is 0 Å². The Morgan fingerprint density at radius 3 is 2.53 bits per heavy atom. The number of hydrogen-bond acceptors (Lipinski definition) is 3. The third-order valence-electron chi connectivity index (χ3n) is 3.31. The molecule has 0 aliphatic carbocycles. The molecule has 0 radical (unpaired) electrons. The van der Waals surface area contributed by atoms with Crippen molar-refractivity contribution < 1.29 is 9.53 Å². The van der Waals surface area contributed by atoms with Gasteiger partial charge < -0.3 is 10.1 Å². The number of nitrogens with one attached hydrogen (secondary N) is 1. The van der Waals surface area contributed by atoms with Gasteiger partial charge >= 0.3 is 0 Å². The van der Waals surface area contributed by atoms with Gasteiger partial charge in [-0.05, 0) is 37.5 Å². The standard InChI is InChI=1S/C15H20N2O2/c1-4-15(2,11-16)14(18)17-10-9-12-5-7-13(19-3)8-6-12/h5-8H,4,9-10H2,1-3H3,(H,17,18). The lowest BCUT2D eigenvalue weighted by molar-refractivity contribution is -0.127. The quantitative estimate of drug-likeness (QED) is 0.853. The van der Waals surface area contributed by atoms with Crippen LogP contribution in [0.2, 0.25) is 0 Å². The highest BCUT2D eigenvalue weighted by atomic mass is 16.5. The van der Waals surface area contributed by atoms with Crippen LogP contribution in [0.25, 0.3) is 0 Å². The molecule has 0 aliphatic heterocycles. The van der Waals surface area contributed by atoms with Crippen LogP contribution in [-0.4, -0.2) is 19.6 Å². The highest BCUT2D eigenvalue weighted by Crippen LogP contribution is 2.19. The number of carbonyl (C=O) groups excluding carboxylic acids is 1. The Labute approximate surface area is 114 Å². The van der Waals surface area contributed by atoms with Crippen molar-refractivity contribution in [3.63, 3.8) is 0 Å². The summed E-state index contributed by atoms with van der Waals surface area (Å²) in [6, 6.07) is 9.78. The fraction of sp³-hybridized carbons (Fsp3) is 0.467. The molecule has 0 saturated heterocycles. The molecule has 0 fully saturated rings. The van der Waals surface area contributed by atoms with E-state index in [1.165, 1.54) is 0 Å². The predicted molar refractivity (Wildman–Crippen MR) is 73.7 cm³/mol. The zero-order valence-corrected chi connectivity index (χ0v) is 11.7. The fourth-order valence-corrected chi connectivity index (χ4v) is 1.60. The minimum Gasteiger partial charge on any atom is -0.497 e. The minimum absolute atomic E-state index is 0.203. The third-order valence-corrected chi connectivity index (χ3v) is 3.31. The molecule has 0 saturated carbocycles.